The number of nitrogens with one attached hydrogen (secondary N) is 1. The molecule has 1 aromatic carbocycles. The van der Waals surface area contributed by atoms with E-state index in [0.717, 1.165) is 38.5 Å². The Morgan fingerprint density at radius 1 is 1.10 bits per heavy atom. The number of aliphatic hydroxyl groups excluding tert-OH is 2. The second kappa shape index (κ2) is 13.3. The van der Waals surface area contributed by atoms with Crippen molar-refractivity contribution >= 4 is 5.91 Å². The number of aryl methyl sites for hydroxylation is 1. The van der Waals surface area contributed by atoms with Gasteiger partial charge in [-0.15, -0.1) is 0 Å². The first-order chi connectivity index (χ1) is 14.1. The van der Waals surface area contributed by atoms with Crippen molar-refractivity contribution in [2.45, 2.75) is 70.5 Å². The van der Waals surface area contributed by atoms with E-state index in [1.165, 1.54) is 5.56 Å². The van der Waals surface area contributed by atoms with Gasteiger partial charge in [0.2, 0.25) is 5.91 Å². The van der Waals surface area contributed by atoms with Crippen molar-refractivity contribution in [2.24, 2.45) is 11.8 Å². The van der Waals surface area contributed by atoms with Crippen molar-refractivity contribution in [3.8, 4) is 0 Å². The quantitative estimate of drug-likeness (QED) is 0.462. The maximum Gasteiger partial charge on any atom is 0.248 e. The first-order valence-corrected chi connectivity index (χ1v) is 11.1. The molecular weight excluding hydrogens is 362 g/mol. The highest BCUT2D eigenvalue weighted by Crippen LogP contribution is 2.37. The molecule has 1 aliphatic carbocycles. The Hall–Kier alpha value is -1.91. The second-order valence-electron chi connectivity index (χ2n) is 7.99. The van der Waals surface area contributed by atoms with Gasteiger partial charge in [0, 0.05) is 6.54 Å². The van der Waals surface area contributed by atoms with Gasteiger partial charge in [0.1, 0.15) is 6.10 Å². The van der Waals surface area contributed by atoms with Crippen LogP contribution in [0, 0.1) is 11.8 Å². The fourth-order valence-electron chi connectivity index (χ4n) is 4.10. The van der Waals surface area contributed by atoms with Crippen molar-refractivity contribution in [2.75, 3.05) is 6.54 Å². The van der Waals surface area contributed by atoms with Gasteiger partial charge >= 0.3 is 0 Å². The zero-order valence-corrected chi connectivity index (χ0v) is 17.7. The number of carbonyl (C=O) groups is 1. The highest BCUT2D eigenvalue weighted by Gasteiger charge is 2.32. The molecule has 0 radical (unpaired) electrons. The molecule has 0 saturated heterocycles. The number of likely N-dealkylation sites (N-methyl/N-ethyl adjacent to an activating group) is 1. The van der Waals surface area contributed by atoms with Crippen molar-refractivity contribution < 1.29 is 15.0 Å². The fraction of sp³-hybridized carbons (Fsp3) is 0.560. The minimum atomic E-state index is -0.939. The van der Waals surface area contributed by atoms with Crippen LogP contribution in [0.2, 0.25) is 0 Å². The van der Waals surface area contributed by atoms with E-state index >= 15 is 0 Å². The molecule has 0 heterocycles. The number of hydrogen-bond acceptors (Lipinski definition) is 3. The molecule has 1 aliphatic rings. The molecule has 1 unspecified atom stereocenters. The first kappa shape index (κ1) is 23.4. The summed E-state index contributed by atoms with van der Waals surface area (Å²) in [7, 11) is 0. The number of carbonyl (C=O) groups excluding carboxylic acids is 1. The van der Waals surface area contributed by atoms with E-state index in [4.69, 9.17) is 0 Å². The predicted molar refractivity (Wildman–Crippen MR) is 118 cm³/mol. The van der Waals surface area contributed by atoms with Crippen LogP contribution in [0.1, 0.15) is 57.4 Å². The Morgan fingerprint density at radius 2 is 1.83 bits per heavy atom. The molecule has 1 saturated carbocycles. The number of rotatable bonds is 12. The van der Waals surface area contributed by atoms with Crippen LogP contribution in [-0.4, -0.2) is 34.9 Å². The summed E-state index contributed by atoms with van der Waals surface area (Å²) < 4.78 is 0. The van der Waals surface area contributed by atoms with E-state index in [-0.39, 0.29) is 12.0 Å². The predicted octanol–water partition coefficient (Wildman–Crippen LogP) is 4.18. The van der Waals surface area contributed by atoms with Gasteiger partial charge in [-0.2, -0.15) is 0 Å². The standard InChI is InChI=1S/C25H37NO3/c1-2-26-25(29)24(28)17-11-5-10-16-22-21(18-19-23(22)27)15-9-4-8-14-20-12-6-3-7-13-20/h3-7,9-10,12-13,21-24,27-28H,2,8,11,14-19H2,1H3,(H,26,29)/b9-4+,10-5?/t21-,22+,23-,24?/m0/s1. The minimum Gasteiger partial charge on any atom is -0.393 e. The topological polar surface area (TPSA) is 69.6 Å². The molecule has 1 amide bonds. The molecule has 0 bridgehead atoms. The molecule has 4 atom stereocenters. The lowest BCUT2D eigenvalue weighted by molar-refractivity contribution is -0.129. The average molecular weight is 400 g/mol. The van der Waals surface area contributed by atoms with Crippen LogP contribution in [0.15, 0.2) is 54.6 Å². The Labute approximate surface area is 175 Å². The van der Waals surface area contributed by atoms with Crippen LogP contribution in [0.3, 0.4) is 0 Å². The molecule has 0 aromatic heterocycles. The van der Waals surface area contributed by atoms with Gasteiger partial charge in [0.25, 0.3) is 0 Å². The Balaban J connectivity index is 1.67. The summed E-state index contributed by atoms with van der Waals surface area (Å²) in [6, 6.07) is 10.5. The summed E-state index contributed by atoms with van der Waals surface area (Å²) >= 11 is 0. The maximum absolute atomic E-state index is 11.5. The molecule has 4 nitrogen and oxygen atoms in total. The van der Waals surface area contributed by atoms with Crippen molar-refractivity contribution in [1.82, 2.24) is 5.32 Å². The Kier molecular flexibility index (Phi) is 10.7. The zero-order valence-electron chi connectivity index (χ0n) is 17.7. The number of aliphatic hydroxyl groups is 2. The van der Waals surface area contributed by atoms with Crippen molar-refractivity contribution in [1.29, 1.82) is 0 Å². The van der Waals surface area contributed by atoms with Crippen LogP contribution in [-0.2, 0) is 11.2 Å². The number of allylic oxidation sites excluding steroid dienone is 4. The number of amides is 1. The van der Waals surface area contributed by atoms with Gasteiger partial charge in [-0.05, 0) is 75.7 Å². The maximum atomic E-state index is 11.5. The molecule has 4 heteroatoms. The summed E-state index contributed by atoms with van der Waals surface area (Å²) in [5.74, 6) is 0.535. The third-order valence-electron chi connectivity index (χ3n) is 5.82. The minimum absolute atomic E-state index is 0.219. The highest BCUT2D eigenvalue weighted by atomic mass is 16.3. The van der Waals surface area contributed by atoms with Gasteiger partial charge in [0.15, 0.2) is 0 Å². The van der Waals surface area contributed by atoms with E-state index in [0.29, 0.717) is 31.2 Å². The van der Waals surface area contributed by atoms with Crippen LogP contribution in [0.4, 0.5) is 0 Å². The highest BCUT2D eigenvalue weighted by molar-refractivity contribution is 5.80. The number of hydrogen-bond donors (Lipinski definition) is 3. The smallest absolute Gasteiger partial charge is 0.248 e. The molecule has 1 aromatic rings. The third kappa shape index (κ3) is 8.55. The van der Waals surface area contributed by atoms with Crippen LogP contribution < -0.4 is 5.32 Å². The van der Waals surface area contributed by atoms with Crippen molar-refractivity contribution in [3.05, 3.63) is 60.2 Å². The lowest BCUT2D eigenvalue weighted by atomic mass is 9.88. The van der Waals surface area contributed by atoms with E-state index in [9.17, 15) is 15.0 Å². The molecule has 2 rings (SSSR count). The molecule has 160 valence electrons. The molecule has 29 heavy (non-hydrogen) atoms. The Morgan fingerprint density at radius 3 is 2.59 bits per heavy atom. The second-order valence-corrected chi connectivity index (χ2v) is 7.99. The molecule has 3 N–H and O–H groups in total. The van der Waals surface area contributed by atoms with E-state index < -0.39 is 6.10 Å². The largest absolute Gasteiger partial charge is 0.393 e. The fourth-order valence-corrected chi connectivity index (χ4v) is 4.10. The SMILES string of the molecule is CCNC(=O)C(O)CCC=CC[C@@H]1[C@@H](C/C=C/CCc2ccccc2)CC[C@@H]1O. The normalized spacial score (nSPS) is 23.1. The third-order valence-corrected chi connectivity index (χ3v) is 5.82. The summed E-state index contributed by atoms with van der Waals surface area (Å²) in [6.07, 6.45) is 14.6. The molecule has 0 spiro atoms. The summed E-state index contributed by atoms with van der Waals surface area (Å²) in [6.45, 7) is 2.37. The van der Waals surface area contributed by atoms with Gasteiger partial charge in [-0.1, -0.05) is 54.6 Å². The Bertz CT molecular complexity index is 641. The van der Waals surface area contributed by atoms with E-state index in [1.807, 2.05) is 19.1 Å². The van der Waals surface area contributed by atoms with Crippen LogP contribution in [0.5, 0.6) is 0 Å². The number of benzene rings is 1. The van der Waals surface area contributed by atoms with Crippen LogP contribution >= 0.6 is 0 Å². The first-order valence-electron chi connectivity index (χ1n) is 11.1. The van der Waals surface area contributed by atoms with Gasteiger partial charge in [0.05, 0.1) is 6.10 Å². The van der Waals surface area contributed by atoms with E-state index in [2.05, 4.69) is 47.8 Å². The molecular formula is C25H37NO3. The summed E-state index contributed by atoms with van der Waals surface area (Å²) in [5, 5.41) is 22.7. The lowest BCUT2D eigenvalue weighted by Gasteiger charge is -2.19. The lowest BCUT2D eigenvalue weighted by Crippen LogP contribution is -2.34. The molecule has 1 fully saturated rings. The van der Waals surface area contributed by atoms with Gasteiger partial charge in [-0.3, -0.25) is 4.79 Å². The van der Waals surface area contributed by atoms with Crippen molar-refractivity contribution in [3.63, 3.8) is 0 Å². The molecule has 0 aliphatic heterocycles. The van der Waals surface area contributed by atoms with Gasteiger partial charge in [-0.25, -0.2) is 0 Å². The van der Waals surface area contributed by atoms with E-state index in [1.54, 1.807) is 0 Å². The zero-order chi connectivity index (χ0) is 20.9. The summed E-state index contributed by atoms with van der Waals surface area (Å²) in [5.41, 5.74) is 1.37. The summed E-state index contributed by atoms with van der Waals surface area (Å²) in [4.78, 5) is 11.5. The monoisotopic (exact) mass is 399 g/mol. The average Bonchev–Trinajstić information content (AvgIpc) is 3.08. The van der Waals surface area contributed by atoms with Gasteiger partial charge < -0.3 is 15.5 Å². The van der Waals surface area contributed by atoms with Crippen LogP contribution in [0.25, 0.3) is 0 Å².